The lowest BCUT2D eigenvalue weighted by atomic mass is 9.74. The predicted octanol–water partition coefficient (Wildman–Crippen LogP) is 3.14. The molecule has 1 heterocycles. The average Bonchev–Trinajstić information content (AvgIpc) is 2.36. The Morgan fingerprint density at radius 3 is 2.24 bits per heavy atom. The second kappa shape index (κ2) is 6.39. The van der Waals surface area contributed by atoms with E-state index in [1.165, 1.54) is 25.7 Å². The van der Waals surface area contributed by atoms with Crippen molar-refractivity contribution in [3.05, 3.63) is 0 Å². The second-order valence-electron chi connectivity index (χ2n) is 5.52. The van der Waals surface area contributed by atoms with Gasteiger partial charge >= 0.3 is 5.97 Å². The van der Waals surface area contributed by atoms with Crippen molar-refractivity contribution in [2.75, 3.05) is 13.1 Å². The number of hydrogen-bond acceptors (Lipinski definition) is 2. The zero-order valence-electron chi connectivity index (χ0n) is 11.5. The molecular formula is C14H27NO2. The molecule has 0 saturated carbocycles. The highest BCUT2D eigenvalue weighted by Gasteiger charge is 2.32. The van der Waals surface area contributed by atoms with Crippen molar-refractivity contribution in [3.8, 4) is 0 Å². The number of carboxylic acids is 1. The maximum absolute atomic E-state index is 10.6. The smallest absolute Gasteiger partial charge is 0.303 e. The van der Waals surface area contributed by atoms with E-state index in [0.29, 0.717) is 17.9 Å². The molecule has 0 bridgehead atoms. The van der Waals surface area contributed by atoms with Crippen LogP contribution in [-0.4, -0.2) is 35.1 Å². The molecule has 0 spiro atoms. The van der Waals surface area contributed by atoms with Crippen molar-refractivity contribution in [2.45, 2.75) is 65.3 Å². The van der Waals surface area contributed by atoms with E-state index in [-0.39, 0.29) is 0 Å². The highest BCUT2D eigenvalue weighted by atomic mass is 16.4. The van der Waals surface area contributed by atoms with Crippen LogP contribution in [0.5, 0.6) is 0 Å². The number of likely N-dealkylation sites (tertiary alicyclic amines) is 1. The molecule has 1 aliphatic rings. The van der Waals surface area contributed by atoms with Crippen LogP contribution in [-0.2, 0) is 4.79 Å². The van der Waals surface area contributed by atoms with Gasteiger partial charge in [-0.05, 0) is 44.7 Å². The SMILES string of the molecule is CCC1(CC)CCN(C(C)CCC(=O)O)CC1. The summed E-state index contributed by atoms with van der Waals surface area (Å²) in [6.45, 7) is 9.04. The van der Waals surface area contributed by atoms with Crippen molar-refractivity contribution in [1.82, 2.24) is 4.90 Å². The van der Waals surface area contributed by atoms with Gasteiger partial charge in [0.05, 0.1) is 0 Å². The Morgan fingerprint density at radius 2 is 1.82 bits per heavy atom. The van der Waals surface area contributed by atoms with Crippen LogP contribution in [0, 0.1) is 5.41 Å². The van der Waals surface area contributed by atoms with E-state index in [1.807, 2.05) is 0 Å². The Hall–Kier alpha value is -0.570. The number of carbonyl (C=O) groups is 1. The maximum atomic E-state index is 10.6. The molecule has 0 aromatic rings. The van der Waals surface area contributed by atoms with Gasteiger partial charge < -0.3 is 10.0 Å². The first kappa shape index (κ1) is 14.5. The van der Waals surface area contributed by atoms with Gasteiger partial charge in [-0.1, -0.05) is 26.7 Å². The molecule has 0 aromatic carbocycles. The van der Waals surface area contributed by atoms with Gasteiger partial charge in [-0.3, -0.25) is 4.79 Å². The molecule has 0 aliphatic carbocycles. The van der Waals surface area contributed by atoms with E-state index in [0.717, 1.165) is 19.5 Å². The maximum Gasteiger partial charge on any atom is 0.303 e. The third-order valence-corrected chi connectivity index (χ3v) is 4.76. The first-order chi connectivity index (χ1) is 8.03. The molecule has 1 saturated heterocycles. The van der Waals surface area contributed by atoms with Crippen LogP contribution in [0.1, 0.15) is 59.3 Å². The average molecular weight is 241 g/mol. The summed E-state index contributed by atoms with van der Waals surface area (Å²) in [6.07, 6.45) is 6.18. The van der Waals surface area contributed by atoms with Gasteiger partial charge in [-0.15, -0.1) is 0 Å². The summed E-state index contributed by atoms with van der Waals surface area (Å²) in [6, 6.07) is 0.415. The minimum Gasteiger partial charge on any atom is -0.481 e. The van der Waals surface area contributed by atoms with Crippen molar-refractivity contribution in [2.24, 2.45) is 5.41 Å². The lowest BCUT2D eigenvalue weighted by Crippen LogP contribution is -2.44. The van der Waals surface area contributed by atoms with Crippen molar-refractivity contribution < 1.29 is 9.90 Å². The molecule has 17 heavy (non-hydrogen) atoms. The summed E-state index contributed by atoms with van der Waals surface area (Å²) in [5.41, 5.74) is 0.559. The van der Waals surface area contributed by atoms with E-state index in [2.05, 4.69) is 25.7 Å². The fraction of sp³-hybridized carbons (Fsp3) is 0.929. The minimum atomic E-state index is -0.676. The Kier molecular flexibility index (Phi) is 5.44. The lowest BCUT2D eigenvalue weighted by molar-refractivity contribution is -0.137. The summed E-state index contributed by atoms with van der Waals surface area (Å²) < 4.78 is 0. The number of nitrogens with zero attached hydrogens (tertiary/aromatic N) is 1. The summed E-state index contributed by atoms with van der Waals surface area (Å²) in [5, 5.41) is 8.70. The Bertz CT molecular complexity index is 239. The van der Waals surface area contributed by atoms with Gasteiger partial charge in [0, 0.05) is 12.5 Å². The Morgan fingerprint density at radius 1 is 1.29 bits per heavy atom. The molecule has 100 valence electrons. The Balaban J connectivity index is 2.38. The van der Waals surface area contributed by atoms with E-state index < -0.39 is 5.97 Å². The van der Waals surface area contributed by atoms with E-state index >= 15 is 0 Å². The number of aliphatic carboxylic acids is 1. The molecule has 1 N–H and O–H groups in total. The molecule has 0 aromatic heterocycles. The van der Waals surface area contributed by atoms with Crippen LogP contribution in [0.2, 0.25) is 0 Å². The third-order valence-electron chi connectivity index (χ3n) is 4.76. The van der Waals surface area contributed by atoms with Crippen molar-refractivity contribution in [1.29, 1.82) is 0 Å². The Labute approximate surface area is 105 Å². The van der Waals surface area contributed by atoms with Crippen LogP contribution in [0.3, 0.4) is 0 Å². The van der Waals surface area contributed by atoms with Gasteiger partial charge in [0.25, 0.3) is 0 Å². The molecule has 3 nitrogen and oxygen atoms in total. The molecule has 1 fully saturated rings. The van der Waals surface area contributed by atoms with Crippen molar-refractivity contribution >= 4 is 5.97 Å². The normalized spacial score (nSPS) is 22.3. The number of carboxylic acid groups (broad SMARTS) is 1. The van der Waals surface area contributed by atoms with Gasteiger partial charge in [0.2, 0.25) is 0 Å². The first-order valence-electron chi connectivity index (χ1n) is 6.99. The van der Waals surface area contributed by atoms with Gasteiger partial charge in [0.1, 0.15) is 0 Å². The minimum absolute atomic E-state index is 0.296. The van der Waals surface area contributed by atoms with Crippen molar-refractivity contribution in [3.63, 3.8) is 0 Å². The highest BCUT2D eigenvalue weighted by molar-refractivity contribution is 5.66. The molecule has 1 atom stereocenters. The largest absolute Gasteiger partial charge is 0.481 e. The van der Waals surface area contributed by atoms with E-state index in [1.54, 1.807) is 0 Å². The van der Waals surface area contributed by atoms with Crippen LogP contribution in [0.15, 0.2) is 0 Å². The van der Waals surface area contributed by atoms with Gasteiger partial charge in [-0.2, -0.15) is 0 Å². The predicted molar refractivity (Wildman–Crippen MR) is 70.2 cm³/mol. The van der Waals surface area contributed by atoms with Crippen LogP contribution >= 0.6 is 0 Å². The van der Waals surface area contributed by atoms with E-state index in [9.17, 15) is 4.79 Å². The molecular weight excluding hydrogens is 214 g/mol. The van der Waals surface area contributed by atoms with Crippen LogP contribution < -0.4 is 0 Å². The zero-order valence-corrected chi connectivity index (χ0v) is 11.5. The number of piperidine rings is 1. The second-order valence-corrected chi connectivity index (χ2v) is 5.52. The highest BCUT2D eigenvalue weighted by Crippen LogP contribution is 2.38. The lowest BCUT2D eigenvalue weighted by Gasteiger charge is -2.43. The summed E-state index contributed by atoms with van der Waals surface area (Å²) in [4.78, 5) is 13.0. The summed E-state index contributed by atoms with van der Waals surface area (Å²) in [7, 11) is 0. The topological polar surface area (TPSA) is 40.5 Å². The molecule has 0 radical (unpaired) electrons. The standard InChI is InChI=1S/C14H27NO2/c1-4-14(5-2)8-10-15(11-9-14)12(3)6-7-13(16)17/h12H,4-11H2,1-3H3,(H,16,17). The molecule has 0 amide bonds. The zero-order chi connectivity index (χ0) is 12.9. The summed E-state index contributed by atoms with van der Waals surface area (Å²) in [5.74, 6) is -0.676. The fourth-order valence-corrected chi connectivity index (χ4v) is 2.91. The third kappa shape index (κ3) is 3.98. The van der Waals surface area contributed by atoms with Gasteiger partial charge in [-0.25, -0.2) is 0 Å². The quantitative estimate of drug-likeness (QED) is 0.776. The first-order valence-corrected chi connectivity index (χ1v) is 6.99. The number of hydrogen-bond donors (Lipinski definition) is 1. The molecule has 1 unspecified atom stereocenters. The monoisotopic (exact) mass is 241 g/mol. The van der Waals surface area contributed by atoms with E-state index in [4.69, 9.17) is 5.11 Å². The number of rotatable bonds is 6. The molecule has 3 heteroatoms. The summed E-state index contributed by atoms with van der Waals surface area (Å²) >= 11 is 0. The molecule has 1 aliphatic heterocycles. The molecule has 1 rings (SSSR count). The van der Waals surface area contributed by atoms with Crippen LogP contribution in [0.25, 0.3) is 0 Å². The van der Waals surface area contributed by atoms with Crippen LogP contribution in [0.4, 0.5) is 0 Å². The fourth-order valence-electron chi connectivity index (χ4n) is 2.91. The van der Waals surface area contributed by atoms with Gasteiger partial charge in [0.15, 0.2) is 0 Å².